The zero-order chi connectivity index (χ0) is 4.50. The van der Waals surface area contributed by atoms with Gasteiger partial charge in [0, 0.05) is 0 Å². The van der Waals surface area contributed by atoms with Gasteiger partial charge in [0.15, 0.2) is 0 Å². The molecule has 0 radical (unpaired) electrons. The molecule has 0 saturated heterocycles. The summed E-state index contributed by atoms with van der Waals surface area (Å²) in [5, 5.41) is 0. The second-order valence-corrected chi connectivity index (χ2v) is 1.80. The van der Waals surface area contributed by atoms with E-state index >= 15 is 0 Å². The van der Waals surface area contributed by atoms with E-state index in [1.165, 1.54) is 0 Å². The van der Waals surface area contributed by atoms with Crippen LogP contribution in [0.4, 0.5) is 0 Å². The minimum atomic E-state index is -4.61. The van der Waals surface area contributed by atoms with Gasteiger partial charge in [-0.3, -0.25) is 0 Å². The molecule has 0 aromatic heterocycles. The predicted molar refractivity (Wildman–Crippen MR) is 58.7 cm³/mol. The Morgan fingerprint density at radius 2 is 0.438 bits per heavy atom. The van der Waals surface area contributed by atoms with Crippen molar-refractivity contribution in [1.82, 2.24) is 0 Å². The third-order valence-electron chi connectivity index (χ3n) is 0. The van der Waals surface area contributed by atoms with Crippen molar-refractivity contribution < 1.29 is 76.8 Å². The molecule has 16 heavy (non-hydrogen) atoms. The van der Waals surface area contributed by atoms with Gasteiger partial charge in [0.1, 0.15) is 0 Å². The molecule has 0 aliphatic heterocycles. The molecular formula is H26CaO14Si. The van der Waals surface area contributed by atoms with Crippen molar-refractivity contribution in [2.45, 2.75) is 0 Å². The molecule has 0 aliphatic carbocycles. The van der Waals surface area contributed by atoms with Gasteiger partial charge in [-0.15, -0.1) is 0 Å². The van der Waals surface area contributed by atoms with Crippen LogP contribution in [0.3, 0.4) is 0 Å². The molecule has 0 heterocycles. The maximum absolute atomic E-state index is 7.33. The zero-order valence-electron chi connectivity index (χ0n) is 10.00. The monoisotopic (exact) mass is 318 g/mol. The molecule has 0 aromatic rings. The van der Waals surface area contributed by atoms with E-state index in [0.717, 1.165) is 0 Å². The van der Waals surface area contributed by atoms with E-state index in [2.05, 4.69) is 0 Å². The quantitative estimate of drug-likeness (QED) is 0.315. The minimum Gasteiger partial charge on any atom is -1.00 e. The molecule has 0 atom stereocenters. The van der Waals surface area contributed by atoms with Crippen LogP contribution in [0.1, 0.15) is 2.85 Å². The Hall–Kier alpha value is 0.917. The molecule has 0 aromatic carbocycles. The van der Waals surface area contributed by atoms with Crippen LogP contribution in [0.25, 0.3) is 0 Å². The van der Waals surface area contributed by atoms with Crippen LogP contribution in [-0.2, 0) is 0 Å². The number of hydrogen-bond donors (Lipinski definition) is 4. The summed E-state index contributed by atoms with van der Waals surface area (Å²) in [6.45, 7) is 0. The first-order valence-corrected chi connectivity index (χ1v) is 2.68. The van der Waals surface area contributed by atoms with Crippen molar-refractivity contribution in [2.24, 2.45) is 0 Å². The molecule has 0 fully saturated rings. The number of rotatable bonds is 0. The first-order chi connectivity index (χ1) is 2.00. The minimum absolute atomic E-state index is 0. The maximum Gasteiger partial charge on any atom is 2.00 e. The molecule has 0 bridgehead atoms. The van der Waals surface area contributed by atoms with Crippen LogP contribution in [0.2, 0.25) is 0 Å². The smallest absolute Gasteiger partial charge is 1.00 e. The largest absolute Gasteiger partial charge is 2.00 e. The van der Waals surface area contributed by atoms with Crippen LogP contribution >= 0.6 is 0 Å². The van der Waals surface area contributed by atoms with Gasteiger partial charge in [0.2, 0.25) is 0 Å². The van der Waals surface area contributed by atoms with Crippen LogP contribution in [-0.4, -0.2) is 121 Å². The van der Waals surface area contributed by atoms with Crippen molar-refractivity contribution >= 4 is 46.8 Å². The molecule has 24 N–H and O–H groups in total. The molecule has 0 amide bonds. The topological polar surface area (TPSA) is 396 Å². The average Bonchev–Trinajstić information content (AvgIpc) is 0.722. The molecule has 0 aliphatic rings. The Morgan fingerprint density at radius 1 is 0.438 bits per heavy atom. The van der Waals surface area contributed by atoms with Crippen molar-refractivity contribution in [3.05, 3.63) is 0 Å². The standard InChI is InChI=1S/Ca.H4O4Si.10H2O.2H/c;1-5(2,3)4;;;;;;;;;;;;/h;1-4H;10*1H2;;/q+2;;;;;;;;;;;;2*-1. The van der Waals surface area contributed by atoms with E-state index in [4.69, 9.17) is 19.2 Å². The van der Waals surface area contributed by atoms with E-state index in [0.29, 0.717) is 0 Å². The summed E-state index contributed by atoms with van der Waals surface area (Å²) in [5.41, 5.74) is 0. The molecule has 0 unspecified atom stereocenters. The Labute approximate surface area is 123 Å². The van der Waals surface area contributed by atoms with Gasteiger partial charge >= 0.3 is 46.8 Å². The Balaban J connectivity index is -0.00000000103. The van der Waals surface area contributed by atoms with Crippen molar-refractivity contribution in [3.8, 4) is 0 Å². The van der Waals surface area contributed by atoms with E-state index < -0.39 is 9.05 Å². The van der Waals surface area contributed by atoms with Crippen LogP contribution in [0.15, 0.2) is 0 Å². The maximum atomic E-state index is 7.33. The second-order valence-electron chi connectivity index (χ2n) is 0.600. The van der Waals surface area contributed by atoms with Crippen LogP contribution in [0, 0.1) is 0 Å². The van der Waals surface area contributed by atoms with E-state index in [1.807, 2.05) is 0 Å². The van der Waals surface area contributed by atoms with Crippen molar-refractivity contribution in [2.75, 3.05) is 0 Å². The van der Waals surface area contributed by atoms with Gasteiger partial charge in [-0.1, -0.05) is 0 Å². The molecule has 0 saturated carbocycles. The summed E-state index contributed by atoms with van der Waals surface area (Å²) in [7, 11) is -4.61. The fraction of sp³-hybridized carbons (Fsp3) is 0. The average molecular weight is 318 g/mol. The molecule has 116 valence electrons. The van der Waals surface area contributed by atoms with Gasteiger partial charge in [-0.25, -0.2) is 0 Å². The molecule has 14 nitrogen and oxygen atoms in total. The normalized spacial score (nSPS) is 3.75. The predicted octanol–water partition coefficient (Wildman–Crippen LogP) is -11.0. The third-order valence-corrected chi connectivity index (χ3v) is 0. The Morgan fingerprint density at radius 3 is 0.438 bits per heavy atom. The molecule has 0 rings (SSSR count). The van der Waals surface area contributed by atoms with Crippen molar-refractivity contribution in [1.29, 1.82) is 0 Å². The summed E-state index contributed by atoms with van der Waals surface area (Å²) < 4.78 is 0. The SMILES string of the molecule is O.O.O.O.O.O.O.O.O.O.O[Si](O)(O)O.[Ca+2].[H-].[H-]. The van der Waals surface area contributed by atoms with Crippen LogP contribution < -0.4 is 0 Å². The van der Waals surface area contributed by atoms with Crippen molar-refractivity contribution in [3.63, 3.8) is 0 Å². The Bertz CT molecular complexity index is 35.3. The summed E-state index contributed by atoms with van der Waals surface area (Å²) in [5.74, 6) is 0. The Kier molecular flexibility index (Phi) is 820. The summed E-state index contributed by atoms with van der Waals surface area (Å²) in [6, 6.07) is 0. The van der Waals surface area contributed by atoms with Crippen LogP contribution in [0.5, 0.6) is 0 Å². The van der Waals surface area contributed by atoms with E-state index in [9.17, 15) is 0 Å². The second kappa shape index (κ2) is 74.0. The first-order valence-electron chi connectivity index (χ1n) is 0.894. The fourth-order valence-electron chi connectivity index (χ4n) is 0. The molecule has 0 spiro atoms. The summed E-state index contributed by atoms with van der Waals surface area (Å²) in [4.78, 5) is 29.3. The summed E-state index contributed by atoms with van der Waals surface area (Å²) in [6.07, 6.45) is 0. The summed E-state index contributed by atoms with van der Waals surface area (Å²) >= 11 is 0. The van der Waals surface area contributed by atoms with Gasteiger partial charge in [0.25, 0.3) is 0 Å². The fourth-order valence-corrected chi connectivity index (χ4v) is 0. The van der Waals surface area contributed by atoms with E-state index in [-0.39, 0.29) is 95.4 Å². The van der Waals surface area contributed by atoms with Gasteiger partial charge < -0.3 is 76.8 Å². The van der Waals surface area contributed by atoms with Gasteiger partial charge in [-0.05, 0) is 0 Å². The van der Waals surface area contributed by atoms with Gasteiger partial charge in [-0.2, -0.15) is 0 Å². The van der Waals surface area contributed by atoms with Gasteiger partial charge in [0.05, 0.1) is 0 Å². The first kappa shape index (κ1) is 177. The zero-order valence-corrected chi connectivity index (χ0v) is 11.2. The third kappa shape index (κ3) is 3440. The van der Waals surface area contributed by atoms with E-state index in [1.54, 1.807) is 0 Å². The molecule has 16 heteroatoms. The molecular weight excluding hydrogens is 292 g/mol. The number of hydrogen-bond acceptors (Lipinski definition) is 4.